The smallest absolute Gasteiger partial charge is 0.145 e. The monoisotopic (exact) mass is 552 g/mol. The van der Waals surface area contributed by atoms with Gasteiger partial charge in [-0.05, 0) is 60.7 Å². The molecule has 0 radical (unpaired) electrons. The van der Waals surface area contributed by atoms with Crippen LogP contribution in [0.1, 0.15) is 0 Å². The van der Waals surface area contributed by atoms with Gasteiger partial charge in [0.25, 0.3) is 0 Å². The molecule has 202 valence electrons. The second-order valence-electron chi connectivity index (χ2n) is 10.7. The van der Waals surface area contributed by atoms with Crippen LogP contribution < -0.4 is 0 Å². The van der Waals surface area contributed by atoms with Crippen LogP contribution in [-0.4, -0.2) is 19.1 Å². The van der Waals surface area contributed by atoms with E-state index < -0.39 is 0 Å². The minimum Gasteiger partial charge on any atom is -0.456 e. The molecule has 43 heavy (non-hydrogen) atoms. The third kappa shape index (κ3) is 3.72. The molecule has 0 aliphatic carbocycles. The third-order valence-corrected chi connectivity index (χ3v) is 8.14. The molecular formula is C38H24N4O. The van der Waals surface area contributed by atoms with Crippen molar-refractivity contribution >= 4 is 44.0 Å². The van der Waals surface area contributed by atoms with Crippen molar-refractivity contribution in [3.05, 3.63) is 146 Å². The number of furan rings is 1. The molecule has 0 atom stereocenters. The van der Waals surface area contributed by atoms with Crippen molar-refractivity contribution < 1.29 is 4.42 Å². The van der Waals surface area contributed by atoms with E-state index in [0.29, 0.717) is 0 Å². The highest BCUT2D eigenvalue weighted by Crippen LogP contribution is 2.36. The Balaban J connectivity index is 1.28. The molecule has 0 bridgehead atoms. The minimum absolute atomic E-state index is 0.848. The maximum absolute atomic E-state index is 6.35. The molecule has 0 aliphatic rings. The van der Waals surface area contributed by atoms with E-state index in [-0.39, 0.29) is 0 Å². The van der Waals surface area contributed by atoms with Crippen LogP contribution in [0.15, 0.2) is 150 Å². The average Bonchev–Trinajstić information content (AvgIpc) is 3.76. The molecule has 0 aliphatic heterocycles. The Kier molecular flexibility index (Phi) is 5.13. The van der Waals surface area contributed by atoms with Gasteiger partial charge < -0.3 is 4.42 Å². The quantitative estimate of drug-likeness (QED) is 0.218. The lowest BCUT2D eigenvalue weighted by molar-refractivity contribution is 0.669. The number of hydrogen-bond acceptors (Lipinski definition) is 3. The van der Waals surface area contributed by atoms with Gasteiger partial charge in [0.05, 0.1) is 22.1 Å². The first-order valence-corrected chi connectivity index (χ1v) is 14.3. The van der Waals surface area contributed by atoms with Gasteiger partial charge in [-0.25, -0.2) is 9.97 Å². The molecule has 0 fully saturated rings. The summed E-state index contributed by atoms with van der Waals surface area (Å²) in [7, 11) is 0. The highest BCUT2D eigenvalue weighted by molar-refractivity contribution is 6.06. The second kappa shape index (κ2) is 9.29. The molecule has 0 saturated carbocycles. The lowest BCUT2D eigenvalue weighted by Crippen LogP contribution is -1.98. The number of imidazole rings is 2. The van der Waals surface area contributed by atoms with Gasteiger partial charge >= 0.3 is 0 Å². The summed E-state index contributed by atoms with van der Waals surface area (Å²) in [5, 5.41) is 2.11. The lowest BCUT2D eigenvalue weighted by Gasteiger charge is -2.11. The van der Waals surface area contributed by atoms with Gasteiger partial charge in [0.1, 0.15) is 22.8 Å². The van der Waals surface area contributed by atoms with E-state index in [1.165, 1.54) is 0 Å². The van der Waals surface area contributed by atoms with Crippen LogP contribution in [0.2, 0.25) is 0 Å². The first-order valence-electron chi connectivity index (χ1n) is 14.3. The molecule has 0 N–H and O–H groups in total. The highest BCUT2D eigenvalue weighted by Gasteiger charge is 2.18. The van der Waals surface area contributed by atoms with Crippen molar-refractivity contribution in [3.63, 3.8) is 0 Å². The zero-order valence-electron chi connectivity index (χ0n) is 23.1. The molecule has 6 aromatic carbocycles. The first-order chi connectivity index (χ1) is 21.3. The van der Waals surface area contributed by atoms with Crippen molar-refractivity contribution in [3.8, 4) is 34.2 Å². The molecule has 5 heteroatoms. The number of benzene rings is 6. The van der Waals surface area contributed by atoms with Crippen molar-refractivity contribution in [2.45, 2.75) is 0 Å². The normalized spacial score (nSPS) is 11.7. The summed E-state index contributed by atoms with van der Waals surface area (Å²) < 4.78 is 10.8. The zero-order valence-corrected chi connectivity index (χ0v) is 23.1. The minimum atomic E-state index is 0.848. The first kappa shape index (κ1) is 23.7. The maximum atomic E-state index is 6.35. The number of aromatic nitrogens is 4. The summed E-state index contributed by atoms with van der Waals surface area (Å²) in [6.07, 6.45) is 0. The standard InChI is InChI=1S/C38H24N4O/c1-3-11-25(12-4-1)37-39-31-15-7-9-17-33(31)41(37)27-19-21-35-29(23-27)30-24-28(20-22-36(30)43-35)42-34-18-10-8-16-32(34)40-38(42)26-13-5-2-6-14-26/h1-24H. The van der Waals surface area contributed by atoms with Gasteiger partial charge in [0.15, 0.2) is 0 Å². The Morgan fingerprint density at radius 1 is 0.419 bits per heavy atom. The molecule has 5 nitrogen and oxygen atoms in total. The maximum Gasteiger partial charge on any atom is 0.145 e. The fourth-order valence-corrected chi connectivity index (χ4v) is 6.17. The number of para-hydroxylation sites is 4. The molecule has 0 unspecified atom stereocenters. The number of hydrogen-bond donors (Lipinski definition) is 0. The van der Waals surface area contributed by atoms with Gasteiger partial charge in [-0.1, -0.05) is 84.9 Å². The van der Waals surface area contributed by atoms with Crippen molar-refractivity contribution in [2.75, 3.05) is 0 Å². The molecule has 0 spiro atoms. The van der Waals surface area contributed by atoms with E-state index >= 15 is 0 Å². The van der Waals surface area contributed by atoms with Crippen LogP contribution in [-0.2, 0) is 0 Å². The third-order valence-electron chi connectivity index (χ3n) is 8.14. The van der Waals surface area contributed by atoms with E-state index in [4.69, 9.17) is 14.4 Å². The van der Waals surface area contributed by atoms with Gasteiger partial charge in [0, 0.05) is 33.3 Å². The molecule has 3 aromatic heterocycles. The topological polar surface area (TPSA) is 48.8 Å². The van der Waals surface area contributed by atoms with E-state index in [2.05, 4.69) is 130 Å². The predicted octanol–water partition coefficient (Wildman–Crippen LogP) is 9.60. The molecule has 3 heterocycles. The summed E-state index contributed by atoms with van der Waals surface area (Å²) in [6.45, 7) is 0. The Labute approximate surface area is 246 Å². The predicted molar refractivity (Wildman–Crippen MR) is 174 cm³/mol. The Bertz CT molecular complexity index is 2280. The van der Waals surface area contributed by atoms with Gasteiger partial charge in [-0.3, -0.25) is 9.13 Å². The lowest BCUT2D eigenvalue weighted by atomic mass is 10.1. The van der Waals surface area contributed by atoms with Crippen LogP contribution in [0.5, 0.6) is 0 Å². The number of fused-ring (bicyclic) bond motifs is 5. The Morgan fingerprint density at radius 2 is 0.837 bits per heavy atom. The van der Waals surface area contributed by atoms with Gasteiger partial charge in [-0.2, -0.15) is 0 Å². The summed E-state index contributed by atoms with van der Waals surface area (Å²) >= 11 is 0. The van der Waals surface area contributed by atoms with Crippen molar-refractivity contribution in [2.24, 2.45) is 0 Å². The second-order valence-corrected chi connectivity index (χ2v) is 10.7. The van der Waals surface area contributed by atoms with Crippen LogP contribution in [0.4, 0.5) is 0 Å². The molecule has 0 saturated heterocycles. The van der Waals surface area contributed by atoms with E-state index in [0.717, 1.165) is 78.2 Å². The molecule has 9 aromatic rings. The van der Waals surface area contributed by atoms with E-state index in [9.17, 15) is 0 Å². The van der Waals surface area contributed by atoms with Crippen LogP contribution in [0, 0.1) is 0 Å². The van der Waals surface area contributed by atoms with Crippen molar-refractivity contribution in [1.82, 2.24) is 19.1 Å². The zero-order chi connectivity index (χ0) is 28.3. The SMILES string of the molecule is c1ccc(-c2nc3ccccc3n2-c2ccc3oc4ccc(-n5c(-c6ccccc6)nc6ccccc65)cc4c3c2)cc1. The number of nitrogens with zero attached hydrogens (tertiary/aromatic N) is 4. The van der Waals surface area contributed by atoms with Crippen LogP contribution in [0.25, 0.3) is 78.2 Å². The number of rotatable bonds is 4. The summed E-state index contributed by atoms with van der Waals surface area (Å²) in [5.74, 6) is 1.82. The molecular weight excluding hydrogens is 528 g/mol. The Hall–Kier alpha value is -5.94. The van der Waals surface area contributed by atoms with E-state index in [1.54, 1.807) is 0 Å². The molecule has 0 amide bonds. The largest absolute Gasteiger partial charge is 0.456 e. The van der Waals surface area contributed by atoms with E-state index in [1.807, 2.05) is 24.3 Å². The highest BCUT2D eigenvalue weighted by atomic mass is 16.3. The fourth-order valence-electron chi connectivity index (χ4n) is 6.17. The van der Waals surface area contributed by atoms with Crippen LogP contribution in [0.3, 0.4) is 0 Å². The average molecular weight is 553 g/mol. The van der Waals surface area contributed by atoms with Gasteiger partial charge in [-0.15, -0.1) is 0 Å². The fraction of sp³-hybridized carbons (Fsp3) is 0. The van der Waals surface area contributed by atoms with Crippen molar-refractivity contribution in [1.29, 1.82) is 0 Å². The van der Waals surface area contributed by atoms with Crippen LogP contribution >= 0.6 is 0 Å². The Morgan fingerprint density at radius 3 is 1.30 bits per heavy atom. The summed E-state index contributed by atoms with van der Waals surface area (Å²) in [5.41, 5.74) is 9.94. The molecule has 9 rings (SSSR count). The summed E-state index contributed by atoms with van der Waals surface area (Å²) in [6, 6.07) is 50.1. The summed E-state index contributed by atoms with van der Waals surface area (Å²) in [4.78, 5) is 10.1. The van der Waals surface area contributed by atoms with Gasteiger partial charge in [0.2, 0.25) is 0 Å².